The second-order valence-electron chi connectivity index (χ2n) is 4.56. The lowest BCUT2D eigenvalue weighted by molar-refractivity contribution is -0.126. The molecule has 12 heavy (non-hydrogen) atoms. The first-order valence-electron chi connectivity index (χ1n) is 4.66. The average molecular weight is 186 g/mol. The Balaban J connectivity index is 2.63. The minimum atomic E-state index is -0.128. The highest BCUT2D eigenvalue weighted by Gasteiger charge is 2.35. The standard InChI is InChI=1S/C10H18OS/c1-7-4-5-8(9(11)6-7)10(2,3)12/h7-8,12H,4-6H2,1-3H3/t7-,8+/m0/s1. The van der Waals surface area contributed by atoms with E-state index in [9.17, 15) is 4.79 Å². The Morgan fingerprint density at radius 1 is 1.42 bits per heavy atom. The third kappa shape index (κ3) is 2.25. The van der Waals surface area contributed by atoms with E-state index in [0.717, 1.165) is 12.8 Å². The molecule has 0 N–H and O–H groups in total. The zero-order valence-corrected chi connectivity index (χ0v) is 9.03. The molecule has 1 rings (SSSR count). The lowest BCUT2D eigenvalue weighted by atomic mass is 9.76. The summed E-state index contributed by atoms with van der Waals surface area (Å²) in [4.78, 5) is 11.6. The van der Waals surface area contributed by atoms with Crippen LogP contribution in [0.2, 0.25) is 0 Å². The van der Waals surface area contributed by atoms with Crippen LogP contribution in [0.4, 0.5) is 0 Å². The summed E-state index contributed by atoms with van der Waals surface area (Å²) < 4.78 is -0.128. The molecule has 0 heterocycles. The predicted molar refractivity (Wildman–Crippen MR) is 54.6 cm³/mol. The molecule has 0 aromatic carbocycles. The van der Waals surface area contributed by atoms with Crippen molar-refractivity contribution in [2.75, 3.05) is 0 Å². The fraction of sp³-hybridized carbons (Fsp3) is 0.900. The number of ketones is 1. The van der Waals surface area contributed by atoms with Gasteiger partial charge in [0.1, 0.15) is 5.78 Å². The summed E-state index contributed by atoms with van der Waals surface area (Å²) in [5, 5.41) is 0. The van der Waals surface area contributed by atoms with Crippen LogP contribution in [-0.2, 0) is 4.79 Å². The Hall–Kier alpha value is 0.0200. The summed E-state index contributed by atoms with van der Waals surface area (Å²) in [7, 11) is 0. The molecule has 0 radical (unpaired) electrons. The predicted octanol–water partition coefficient (Wildman–Crippen LogP) is 2.70. The minimum absolute atomic E-state index is 0.128. The van der Waals surface area contributed by atoms with Crippen molar-refractivity contribution in [2.24, 2.45) is 11.8 Å². The molecule has 1 nitrogen and oxygen atoms in total. The molecule has 0 saturated heterocycles. The Kier molecular flexibility index (Phi) is 2.87. The van der Waals surface area contributed by atoms with Gasteiger partial charge in [0.25, 0.3) is 0 Å². The van der Waals surface area contributed by atoms with Crippen molar-refractivity contribution in [3.8, 4) is 0 Å². The molecule has 1 aliphatic rings. The summed E-state index contributed by atoms with van der Waals surface area (Å²) >= 11 is 4.47. The first kappa shape index (κ1) is 10.1. The third-order valence-electron chi connectivity index (χ3n) is 2.74. The van der Waals surface area contributed by atoms with E-state index in [1.165, 1.54) is 6.42 Å². The summed E-state index contributed by atoms with van der Waals surface area (Å²) in [5.74, 6) is 1.18. The van der Waals surface area contributed by atoms with E-state index in [4.69, 9.17) is 0 Å². The van der Waals surface area contributed by atoms with Crippen molar-refractivity contribution in [1.29, 1.82) is 0 Å². The van der Waals surface area contributed by atoms with Gasteiger partial charge < -0.3 is 0 Å². The number of rotatable bonds is 1. The highest BCUT2D eigenvalue weighted by molar-refractivity contribution is 7.81. The van der Waals surface area contributed by atoms with E-state index >= 15 is 0 Å². The Bertz CT molecular complexity index is 181. The quantitative estimate of drug-likeness (QED) is 0.623. The van der Waals surface area contributed by atoms with Crippen molar-refractivity contribution in [3.63, 3.8) is 0 Å². The molecule has 2 atom stereocenters. The van der Waals surface area contributed by atoms with E-state index < -0.39 is 0 Å². The van der Waals surface area contributed by atoms with Crippen molar-refractivity contribution in [2.45, 2.75) is 44.8 Å². The fourth-order valence-corrected chi connectivity index (χ4v) is 2.22. The largest absolute Gasteiger partial charge is 0.299 e. The monoisotopic (exact) mass is 186 g/mol. The van der Waals surface area contributed by atoms with Crippen LogP contribution >= 0.6 is 12.6 Å². The SMILES string of the molecule is C[C@H]1CC[C@@H](C(C)(C)S)C(=O)C1. The lowest BCUT2D eigenvalue weighted by Crippen LogP contribution is -2.36. The molecule has 0 amide bonds. The van der Waals surface area contributed by atoms with Crippen LogP contribution in [-0.4, -0.2) is 10.5 Å². The molecular formula is C10H18OS. The molecule has 0 aliphatic heterocycles. The number of hydrogen-bond acceptors (Lipinski definition) is 2. The van der Waals surface area contributed by atoms with Crippen molar-refractivity contribution >= 4 is 18.4 Å². The van der Waals surface area contributed by atoms with E-state index in [0.29, 0.717) is 11.7 Å². The smallest absolute Gasteiger partial charge is 0.137 e. The van der Waals surface area contributed by atoms with Gasteiger partial charge in [0.05, 0.1) is 0 Å². The zero-order valence-electron chi connectivity index (χ0n) is 8.13. The molecule has 0 aromatic heterocycles. The maximum Gasteiger partial charge on any atom is 0.137 e. The van der Waals surface area contributed by atoms with Crippen LogP contribution < -0.4 is 0 Å². The molecule has 0 bridgehead atoms. The molecule has 0 spiro atoms. The van der Waals surface area contributed by atoms with Gasteiger partial charge >= 0.3 is 0 Å². The minimum Gasteiger partial charge on any atom is -0.299 e. The lowest BCUT2D eigenvalue weighted by Gasteiger charge is -2.33. The van der Waals surface area contributed by atoms with Crippen molar-refractivity contribution in [3.05, 3.63) is 0 Å². The second-order valence-corrected chi connectivity index (χ2v) is 5.71. The number of carbonyl (C=O) groups is 1. The maximum atomic E-state index is 11.6. The number of carbonyl (C=O) groups excluding carboxylic acids is 1. The van der Waals surface area contributed by atoms with Gasteiger partial charge in [-0.2, -0.15) is 12.6 Å². The molecule has 70 valence electrons. The van der Waals surface area contributed by atoms with E-state index in [1.54, 1.807) is 0 Å². The first-order valence-corrected chi connectivity index (χ1v) is 5.11. The number of Topliss-reactive ketones (excluding diaryl/α,β-unsaturated/α-hetero) is 1. The van der Waals surface area contributed by atoms with Gasteiger partial charge in [-0.3, -0.25) is 4.79 Å². The molecule has 1 saturated carbocycles. The second kappa shape index (κ2) is 3.41. The molecular weight excluding hydrogens is 168 g/mol. The molecule has 0 aromatic rings. The maximum absolute atomic E-state index is 11.6. The Morgan fingerprint density at radius 2 is 2.00 bits per heavy atom. The van der Waals surface area contributed by atoms with Gasteiger partial charge in [-0.15, -0.1) is 0 Å². The summed E-state index contributed by atoms with van der Waals surface area (Å²) in [6, 6.07) is 0. The van der Waals surface area contributed by atoms with Gasteiger partial charge in [-0.1, -0.05) is 20.8 Å². The normalized spacial score (nSPS) is 32.2. The van der Waals surface area contributed by atoms with Gasteiger partial charge in [0.2, 0.25) is 0 Å². The summed E-state index contributed by atoms with van der Waals surface area (Å²) in [5.41, 5.74) is 0. The molecule has 0 unspecified atom stereocenters. The Labute approximate surface area is 80.3 Å². The van der Waals surface area contributed by atoms with Gasteiger partial charge in [-0.05, 0) is 18.8 Å². The van der Waals surface area contributed by atoms with Crippen LogP contribution in [0.5, 0.6) is 0 Å². The summed E-state index contributed by atoms with van der Waals surface area (Å²) in [6.45, 7) is 6.23. The number of hydrogen-bond donors (Lipinski definition) is 1. The van der Waals surface area contributed by atoms with Crippen molar-refractivity contribution in [1.82, 2.24) is 0 Å². The van der Waals surface area contributed by atoms with Crippen LogP contribution in [0.1, 0.15) is 40.0 Å². The van der Waals surface area contributed by atoms with E-state index in [1.807, 2.05) is 13.8 Å². The van der Waals surface area contributed by atoms with Gasteiger partial charge in [0.15, 0.2) is 0 Å². The van der Waals surface area contributed by atoms with Crippen molar-refractivity contribution < 1.29 is 4.79 Å². The van der Waals surface area contributed by atoms with Crippen LogP contribution in [0.15, 0.2) is 0 Å². The fourth-order valence-electron chi connectivity index (χ4n) is 1.95. The molecule has 2 heteroatoms. The molecule has 1 aliphatic carbocycles. The van der Waals surface area contributed by atoms with Gasteiger partial charge in [-0.25, -0.2) is 0 Å². The highest BCUT2D eigenvalue weighted by atomic mass is 32.1. The number of thiol groups is 1. The van der Waals surface area contributed by atoms with E-state index in [-0.39, 0.29) is 10.7 Å². The topological polar surface area (TPSA) is 17.1 Å². The highest BCUT2D eigenvalue weighted by Crippen LogP contribution is 2.35. The Morgan fingerprint density at radius 3 is 2.42 bits per heavy atom. The van der Waals surface area contributed by atoms with Gasteiger partial charge in [0, 0.05) is 17.1 Å². The van der Waals surface area contributed by atoms with Crippen LogP contribution in [0, 0.1) is 11.8 Å². The van der Waals surface area contributed by atoms with E-state index in [2.05, 4.69) is 19.6 Å². The molecule has 1 fully saturated rings. The van der Waals surface area contributed by atoms with Crippen LogP contribution in [0.3, 0.4) is 0 Å². The zero-order chi connectivity index (χ0) is 9.35. The third-order valence-corrected chi connectivity index (χ3v) is 3.05. The van der Waals surface area contributed by atoms with Crippen LogP contribution in [0.25, 0.3) is 0 Å². The first-order chi connectivity index (χ1) is 5.41. The average Bonchev–Trinajstić information content (AvgIpc) is 1.83. The summed E-state index contributed by atoms with van der Waals surface area (Å²) in [6.07, 6.45) is 2.96.